The lowest BCUT2D eigenvalue weighted by Gasteiger charge is -2.18. The van der Waals surface area contributed by atoms with Crippen LogP contribution in [0.1, 0.15) is 32.1 Å². The number of phosphoric acid groups is 1. The van der Waals surface area contributed by atoms with E-state index in [2.05, 4.69) is 15.0 Å². The maximum absolute atomic E-state index is 12.1. The second-order valence-corrected chi connectivity index (χ2v) is 9.59. The third-order valence-corrected chi connectivity index (χ3v) is 6.43. The van der Waals surface area contributed by atoms with Crippen molar-refractivity contribution in [3.63, 3.8) is 0 Å². The maximum atomic E-state index is 12.1. The molecule has 1 fully saturated rings. The number of aromatic nitrogens is 2. The predicted molar refractivity (Wildman–Crippen MR) is 112 cm³/mol. The Morgan fingerprint density at radius 1 is 1.52 bits per heavy atom. The number of hydrogen-bond donors (Lipinski definition) is 2. The average molecular weight is 477 g/mol. The molecule has 4 atom stereocenters. The van der Waals surface area contributed by atoms with Crippen LogP contribution in [0, 0.1) is 12.8 Å². The van der Waals surface area contributed by atoms with E-state index >= 15 is 0 Å². The Bertz CT molecular complexity index is 1000. The van der Waals surface area contributed by atoms with Crippen molar-refractivity contribution in [2.24, 2.45) is 11.0 Å². The van der Waals surface area contributed by atoms with Gasteiger partial charge >= 0.3 is 13.5 Å². The molecule has 0 spiro atoms. The van der Waals surface area contributed by atoms with Crippen LogP contribution < -0.4 is 11.2 Å². The monoisotopic (exact) mass is 477 g/mol. The van der Waals surface area contributed by atoms with Crippen molar-refractivity contribution in [1.29, 1.82) is 0 Å². The molecule has 2 rings (SSSR count). The average Bonchev–Trinajstić information content (AvgIpc) is 3.09. The number of aryl methyl sites for hydroxylation is 1. The van der Waals surface area contributed by atoms with Crippen molar-refractivity contribution < 1.29 is 28.0 Å². The highest BCUT2D eigenvalue weighted by Crippen LogP contribution is 2.44. The van der Waals surface area contributed by atoms with Crippen LogP contribution in [0.5, 0.6) is 0 Å². The number of phosphoric ester groups is 1. The molecule has 0 bridgehead atoms. The number of hydrogen-bond acceptors (Lipinski definition) is 9. The highest BCUT2D eigenvalue weighted by atomic mass is 32.2. The van der Waals surface area contributed by atoms with Gasteiger partial charge in [-0.25, -0.2) is 9.36 Å². The fourth-order valence-electron chi connectivity index (χ4n) is 2.69. The number of thioether (sulfide) groups is 1. The lowest BCUT2D eigenvalue weighted by molar-refractivity contribution is -0.113. The number of carbonyl (C=O) groups excluding carboxylic acids is 1. The highest BCUT2D eigenvalue weighted by Gasteiger charge is 2.38. The predicted octanol–water partition coefficient (Wildman–Crippen LogP) is 1.86. The molecular weight excluding hydrogens is 453 g/mol. The fourth-order valence-corrected chi connectivity index (χ4v) is 4.25. The Morgan fingerprint density at radius 3 is 2.87 bits per heavy atom. The number of rotatable bonds is 10. The molecule has 1 unspecified atom stereocenters. The molecule has 15 heteroatoms. The number of nitrogens with one attached hydrogen (secondary N) is 1. The van der Waals surface area contributed by atoms with Crippen molar-refractivity contribution in [2.75, 3.05) is 19.0 Å². The summed E-state index contributed by atoms with van der Waals surface area (Å²) in [5, 5.41) is 3.54. The number of aromatic amines is 1. The molecule has 2 N–H and O–H groups in total. The molecule has 1 saturated heterocycles. The molecule has 0 amide bonds. The lowest BCUT2D eigenvalue weighted by Crippen LogP contribution is -2.33. The SMILES string of the molecule is Cc1cn([C@H]2C[C@H](N=[N+]=[N-])[C@@H](COP(=O)(O)OCCSC(=O)C(C)C)O2)c(=O)[nH]c1=O. The maximum Gasteiger partial charge on any atom is 0.472 e. The summed E-state index contributed by atoms with van der Waals surface area (Å²) in [6.07, 6.45) is -0.391. The van der Waals surface area contributed by atoms with Crippen LogP contribution in [0.4, 0.5) is 0 Å². The molecule has 1 aromatic heterocycles. The van der Waals surface area contributed by atoms with Gasteiger partial charge in [-0.05, 0) is 12.5 Å². The summed E-state index contributed by atoms with van der Waals surface area (Å²) in [4.78, 5) is 49.8. The first-order valence-corrected chi connectivity index (χ1v) is 11.8. The summed E-state index contributed by atoms with van der Waals surface area (Å²) in [7, 11) is -4.45. The van der Waals surface area contributed by atoms with Crippen molar-refractivity contribution in [3.8, 4) is 0 Å². The topological polar surface area (TPSA) is 186 Å². The molecule has 31 heavy (non-hydrogen) atoms. The Labute approximate surface area is 181 Å². The number of ether oxygens (including phenoxy) is 1. The third-order valence-electron chi connectivity index (χ3n) is 4.32. The van der Waals surface area contributed by atoms with Crippen LogP contribution in [-0.4, -0.2) is 50.7 Å². The van der Waals surface area contributed by atoms with E-state index in [9.17, 15) is 23.8 Å². The Morgan fingerprint density at radius 2 is 2.23 bits per heavy atom. The number of nitrogens with zero attached hydrogens (tertiary/aromatic N) is 4. The van der Waals surface area contributed by atoms with Gasteiger partial charge in [0.25, 0.3) is 5.56 Å². The van der Waals surface area contributed by atoms with Crippen molar-refractivity contribution in [2.45, 2.75) is 45.6 Å². The van der Waals surface area contributed by atoms with Gasteiger partial charge < -0.3 is 9.63 Å². The molecule has 0 aromatic carbocycles. The molecule has 1 aliphatic rings. The van der Waals surface area contributed by atoms with Crippen LogP contribution in [0.3, 0.4) is 0 Å². The van der Waals surface area contributed by atoms with Gasteiger partial charge in [0.1, 0.15) is 6.23 Å². The number of carbonyl (C=O) groups is 1. The minimum atomic E-state index is -4.45. The second-order valence-electron chi connectivity index (χ2n) is 7.04. The molecule has 0 aliphatic carbocycles. The molecule has 1 aromatic rings. The van der Waals surface area contributed by atoms with Crippen molar-refractivity contribution in [1.82, 2.24) is 9.55 Å². The zero-order chi connectivity index (χ0) is 23.2. The van der Waals surface area contributed by atoms with Crippen LogP contribution in [0.15, 0.2) is 20.9 Å². The Hall–Kier alpha value is -1.92. The number of H-pyrrole nitrogens is 1. The van der Waals surface area contributed by atoms with E-state index < -0.39 is 44.1 Å². The second kappa shape index (κ2) is 11.1. The third kappa shape index (κ3) is 7.32. The van der Waals surface area contributed by atoms with Gasteiger partial charge in [0.2, 0.25) is 0 Å². The first kappa shape index (κ1) is 25.3. The van der Waals surface area contributed by atoms with Crippen LogP contribution >= 0.6 is 19.6 Å². The van der Waals surface area contributed by atoms with E-state index in [1.54, 1.807) is 13.8 Å². The highest BCUT2D eigenvalue weighted by molar-refractivity contribution is 8.13. The van der Waals surface area contributed by atoms with E-state index in [4.69, 9.17) is 19.3 Å². The van der Waals surface area contributed by atoms with E-state index in [1.807, 2.05) is 0 Å². The molecule has 0 saturated carbocycles. The smallest absolute Gasteiger partial charge is 0.352 e. The van der Waals surface area contributed by atoms with E-state index in [1.165, 1.54) is 13.1 Å². The Balaban J connectivity index is 1.97. The number of azide groups is 1. The van der Waals surface area contributed by atoms with Crippen LogP contribution in [0.2, 0.25) is 0 Å². The van der Waals surface area contributed by atoms with Gasteiger partial charge in [-0.2, -0.15) is 0 Å². The quantitative estimate of drug-likeness (QED) is 0.167. The summed E-state index contributed by atoms with van der Waals surface area (Å²) in [6, 6.07) is -0.784. The lowest BCUT2D eigenvalue weighted by atomic mass is 10.1. The minimum absolute atomic E-state index is 0.0624. The van der Waals surface area contributed by atoms with E-state index in [0.717, 1.165) is 16.3 Å². The van der Waals surface area contributed by atoms with E-state index in [0.29, 0.717) is 0 Å². The summed E-state index contributed by atoms with van der Waals surface area (Å²) in [5.74, 6) is 0.0222. The van der Waals surface area contributed by atoms with Crippen molar-refractivity contribution in [3.05, 3.63) is 43.0 Å². The molecular formula is C16H24N5O8PS. The van der Waals surface area contributed by atoms with Gasteiger partial charge in [0, 0.05) is 34.8 Å². The zero-order valence-electron chi connectivity index (χ0n) is 17.2. The standard InChI is InChI=1S/C16H24N5O8PS/c1-9(2)15(23)31-5-4-27-30(25,26)28-8-12-11(19-20-17)6-13(29-12)21-7-10(3)14(22)18-16(21)24/h7,9,11-13H,4-6,8H2,1-3H3,(H,25,26)(H,18,22,24)/t11-,12+,13+/m0/s1. The van der Waals surface area contributed by atoms with Gasteiger partial charge in [-0.15, -0.1) is 0 Å². The summed E-state index contributed by atoms with van der Waals surface area (Å²) < 4.78 is 28.7. The van der Waals surface area contributed by atoms with Gasteiger partial charge in [-0.1, -0.05) is 30.7 Å². The van der Waals surface area contributed by atoms with Gasteiger partial charge in [0.15, 0.2) is 5.12 Å². The first-order chi connectivity index (χ1) is 14.5. The molecule has 0 radical (unpaired) electrons. The van der Waals surface area contributed by atoms with Crippen LogP contribution in [-0.2, 0) is 23.1 Å². The summed E-state index contributed by atoms with van der Waals surface area (Å²) in [6.45, 7) is 4.38. The molecule has 172 valence electrons. The van der Waals surface area contributed by atoms with Crippen molar-refractivity contribution >= 4 is 24.7 Å². The summed E-state index contributed by atoms with van der Waals surface area (Å²) >= 11 is 0.988. The van der Waals surface area contributed by atoms with Gasteiger partial charge in [-0.3, -0.25) is 28.2 Å². The zero-order valence-corrected chi connectivity index (χ0v) is 18.9. The fraction of sp³-hybridized carbons (Fsp3) is 0.688. The van der Waals surface area contributed by atoms with E-state index in [-0.39, 0.29) is 35.4 Å². The molecule has 13 nitrogen and oxygen atoms in total. The summed E-state index contributed by atoms with van der Waals surface area (Å²) in [5.41, 5.74) is 7.83. The normalized spacial score (nSPS) is 22.8. The first-order valence-electron chi connectivity index (χ1n) is 9.34. The largest absolute Gasteiger partial charge is 0.472 e. The molecule has 1 aliphatic heterocycles. The van der Waals surface area contributed by atoms with Crippen LogP contribution in [0.25, 0.3) is 10.4 Å². The molecule has 2 heterocycles. The Kier molecular flexibility index (Phi) is 9.07. The minimum Gasteiger partial charge on any atom is -0.352 e. The van der Waals surface area contributed by atoms with Gasteiger partial charge in [0.05, 0.1) is 25.4 Å².